The van der Waals surface area contributed by atoms with Crippen molar-refractivity contribution in [3.63, 3.8) is 0 Å². The van der Waals surface area contributed by atoms with Crippen molar-refractivity contribution >= 4 is 34.2 Å². The molecular weight excluding hydrogens is 230 g/mol. The molecule has 0 aliphatic heterocycles. The maximum absolute atomic E-state index is 5.74. The first-order valence-corrected chi connectivity index (χ1v) is 6.23. The zero-order valence-corrected chi connectivity index (χ0v) is 10.6. The summed E-state index contributed by atoms with van der Waals surface area (Å²) in [5.74, 6) is 0. The molecule has 1 aromatic rings. The normalized spacial score (nSPS) is 11.6. The summed E-state index contributed by atoms with van der Waals surface area (Å²) >= 11 is 7.36. The molecule has 0 fully saturated rings. The van der Waals surface area contributed by atoms with Crippen LogP contribution in [0.4, 0.5) is 5.69 Å². The molecule has 3 nitrogen and oxygen atoms in total. The lowest BCUT2D eigenvalue weighted by molar-refractivity contribution is 1.05. The van der Waals surface area contributed by atoms with Crippen molar-refractivity contribution in [2.75, 3.05) is 24.7 Å². The lowest BCUT2D eigenvalue weighted by atomic mass is 10.4. The van der Waals surface area contributed by atoms with Gasteiger partial charge in [-0.2, -0.15) is 0 Å². The van der Waals surface area contributed by atoms with Crippen molar-refractivity contribution in [1.29, 1.82) is 0 Å². The van der Waals surface area contributed by atoms with Crippen molar-refractivity contribution in [2.45, 2.75) is 6.92 Å². The van der Waals surface area contributed by atoms with Gasteiger partial charge in [-0.1, -0.05) is 23.4 Å². The summed E-state index contributed by atoms with van der Waals surface area (Å²) in [6.45, 7) is 2.94. The first kappa shape index (κ1) is 12.3. The van der Waals surface area contributed by atoms with Gasteiger partial charge in [-0.15, -0.1) is 0 Å². The number of hydrogen-bond donors (Lipinski definition) is 0. The van der Waals surface area contributed by atoms with Crippen LogP contribution in [0.5, 0.6) is 0 Å². The number of aliphatic imine (C=N–C) groups is 1. The van der Waals surface area contributed by atoms with E-state index in [2.05, 4.69) is 21.8 Å². The van der Waals surface area contributed by atoms with Crippen molar-refractivity contribution in [3.8, 4) is 0 Å². The zero-order chi connectivity index (χ0) is 11.3. The van der Waals surface area contributed by atoms with E-state index in [-0.39, 0.29) is 0 Å². The van der Waals surface area contributed by atoms with Crippen LogP contribution in [0.1, 0.15) is 6.92 Å². The molecule has 5 heteroatoms. The van der Waals surface area contributed by atoms with Crippen LogP contribution in [0.2, 0.25) is 5.15 Å². The maximum atomic E-state index is 5.74. The summed E-state index contributed by atoms with van der Waals surface area (Å²) in [6.07, 6.45) is 3.77. The number of aromatic nitrogens is 1. The van der Waals surface area contributed by atoms with Gasteiger partial charge in [-0.3, -0.25) is 4.99 Å². The number of halogens is 1. The van der Waals surface area contributed by atoms with Crippen molar-refractivity contribution in [2.24, 2.45) is 4.99 Å². The lowest BCUT2D eigenvalue weighted by Gasteiger charge is -2.22. The van der Waals surface area contributed by atoms with E-state index in [9.17, 15) is 0 Å². The van der Waals surface area contributed by atoms with Crippen LogP contribution in [0.3, 0.4) is 0 Å². The second-order valence-electron chi connectivity index (χ2n) is 2.79. The molecule has 0 aliphatic rings. The quantitative estimate of drug-likeness (QED) is 0.454. The van der Waals surface area contributed by atoms with Gasteiger partial charge in [-0.25, -0.2) is 4.98 Å². The summed E-state index contributed by atoms with van der Waals surface area (Å²) < 4.78 is 0. The Morgan fingerprint density at radius 1 is 1.60 bits per heavy atom. The van der Waals surface area contributed by atoms with Crippen molar-refractivity contribution in [1.82, 2.24) is 4.98 Å². The summed E-state index contributed by atoms with van der Waals surface area (Å²) in [6, 6.07) is 3.73. The highest BCUT2D eigenvalue weighted by Crippen LogP contribution is 2.18. The summed E-state index contributed by atoms with van der Waals surface area (Å²) in [7, 11) is 1.79. The number of nitrogens with zero attached hydrogens (tertiary/aromatic N) is 3. The summed E-state index contributed by atoms with van der Waals surface area (Å²) in [5, 5.41) is 1.48. The van der Waals surface area contributed by atoms with Crippen molar-refractivity contribution < 1.29 is 0 Å². The molecule has 0 radical (unpaired) electrons. The fourth-order valence-corrected chi connectivity index (χ4v) is 2.03. The lowest BCUT2D eigenvalue weighted by Crippen LogP contribution is -2.28. The molecule has 0 aliphatic carbocycles. The molecule has 1 heterocycles. The van der Waals surface area contributed by atoms with Gasteiger partial charge < -0.3 is 4.90 Å². The number of pyridine rings is 1. The van der Waals surface area contributed by atoms with Crippen LogP contribution in [0.25, 0.3) is 0 Å². The van der Waals surface area contributed by atoms with E-state index in [4.69, 9.17) is 11.6 Å². The van der Waals surface area contributed by atoms with Crippen LogP contribution in [-0.2, 0) is 0 Å². The third-order valence-electron chi connectivity index (χ3n) is 1.94. The van der Waals surface area contributed by atoms with Crippen molar-refractivity contribution in [3.05, 3.63) is 23.5 Å². The molecule has 1 aromatic heterocycles. The second-order valence-corrected chi connectivity index (χ2v) is 3.95. The Labute approximate surface area is 99.6 Å². The molecule has 0 N–H and O–H groups in total. The Balaban J connectivity index is 2.97. The van der Waals surface area contributed by atoms with E-state index in [0.29, 0.717) is 5.15 Å². The van der Waals surface area contributed by atoms with Gasteiger partial charge >= 0.3 is 0 Å². The molecule has 0 unspecified atom stereocenters. The van der Waals surface area contributed by atoms with Gasteiger partial charge in [0.25, 0.3) is 0 Å². The molecule has 0 spiro atoms. The Morgan fingerprint density at radius 2 is 2.33 bits per heavy atom. The number of anilines is 1. The van der Waals surface area contributed by atoms with Gasteiger partial charge in [0.15, 0.2) is 5.17 Å². The molecule has 0 aromatic carbocycles. The molecule has 0 amide bonds. The van der Waals surface area contributed by atoms with Gasteiger partial charge in [-0.05, 0) is 25.3 Å². The van der Waals surface area contributed by atoms with Gasteiger partial charge in [0, 0.05) is 13.6 Å². The van der Waals surface area contributed by atoms with Gasteiger partial charge in [0.2, 0.25) is 0 Å². The van der Waals surface area contributed by atoms with Crippen LogP contribution in [-0.4, -0.2) is 30.0 Å². The first-order chi connectivity index (χ1) is 7.22. The third kappa shape index (κ3) is 3.11. The molecular formula is C10H14ClN3S. The fourth-order valence-electron chi connectivity index (χ4n) is 1.28. The SMILES string of the molecule is CCN(C(=NC)SC)c1ccc(Cl)nc1. The van der Waals surface area contributed by atoms with Crippen LogP contribution < -0.4 is 4.90 Å². The highest BCUT2D eigenvalue weighted by Gasteiger charge is 2.10. The monoisotopic (exact) mass is 243 g/mol. The van der Waals surface area contributed by atoms with E-state index in [1.54, 1.807) is 31.1 Å². The van der Waals surface area contributed by atoms with Crippen LogP contribution in [0.15, 0.2) is 23.3 Å². The van der Waals surface area contributed by atoms with E-state index in [1.165, 1.54) is 0 Å². The van der Waals surface area contributed by atoms with Gasteiger partial charge in [0.05, 0.1) is 11.9 Å². The Bertz CT molecular complexity index is 337. The molecule has 1 rings (SSSR count). The molecule has 15 heavy (non-hydrogen) atoms. The highest BCUT2D eigenvalue weighted by molar-refractivity contribution is 8.13. The molecule has 82 valence electrons. The number of amidine groups is 1. The second kappa shape index (κ2) is 5.98. The molecule has 0 atom stereocenters. The Morgan fingerprint density at radius 3 is 2.73 bits per heavy atom. The number of thioether (sulfide) groups is 1. The maximum Gasteiger partial charge on any atom is 0.163 e. The Kier molecular flexibility index (Phi) is 4.91. The molecule has 0 bridgehead atoms. The minimum absolute atomic E-state index is 0.508. The first-order valence-electron chi connectivity index (χ1n) is 4.62. The number of rotatable bonds is 2. The largest absolute Gasteiger partial charge is 0.320 e. The predicted octanol–water partition coefficient (Wildman–Crippen LogP) is 2.91. The average Bonchev–Trinajstić information content (AvgIpc) is 2.27. The van der Waals surface area contributed by atoms with E-state index >= 15 is 0 Å². The molecule has 0 saturated carbocycles. The van der Waals surface area contributed by atoms with Crippen LogP contribution in [0, 0.1) is 0 Å². The standard InChI is InChI=1S/C10H14ClN3S/c1-4-14(10(12-2)15-3)8-5-6-9(11)13-7-8/h5-7H,4H2,1-3H3. The van der Waals surface area contributed by atoms with E-state index in [0.717, 1.165) is 17.4 Å². The Hall–Kier alpha value is -0.740. The smallest absolute Gasteiger partial charge is 0.163 e. The minimum atomic E-state index is 0.508. The summed E-state index contributed by atoms with van der Waals surface area (Å²) in [4.78, 5) is 10.4. The van der Waals surface area contributed by atoms with Crippen LogP contribution >= 0.6 is 23.4 Å². The fraction of sp³-hybridized carbons (Fsp3) is 0.400. The molecule has 0 saturated heterocycles. The van der Waals surface area contributed by atoms with E-state index in [1.807, 2.05) is 12.3 Å². The average molecular weight is 244 g/mol. The minimum Gasteiger partial charge on any atom is -0.320 e. The number of hydrogen-bond acceptors (Lipinski definition) is 3. The topological polar surface area (TPSA) is 28.5 Å². The predicted molar refractivity (Wildman–Crippen MR) is 69.1 cm³/mol. The van der Waals surface area contributed by atoms with E-state index < -0.39 is 0 Å². The summed E-state index contributed by atoms with van der Waals surface area (Å²) in [5.41, 5.74) is 1.01. The third-order valence-corrected chi connectivity index (χ3v) is 2.94. The highest BCUT2D eigenvalue weighted by atomic mass is 35.5. The zero-order valence-electron chi connectivity index (χ0n) is 9.07. The van der Waals surface area contributed by atoms with Gasteiger partial charge in [0.1, 0.15) is 5.15 Å².